The van der Waals surface area contributed by atoms with Crippen molar-refractivity contribution >= 4 is 19.8 Å². The summed E-state index contributed by atoms with van der Waals surface area (Å²) in [5.41, 5.74) is 0. The summed E-state index contributed by atoms with van der Waals surface area (Å²) in [5, 5.41) is 9.77. The molecule has 0 aliphatic carbocycles. The van der Waals surface area contributed by atoms with Gasteiger partial charge in [0.25, 0.3) is 0 Å². The van der Waals surface area contributed by atoms with Crippen LogP contribution in [0.25, 0.3) is 0 Å². The summed E-state index contributed by atoms with van der Waals surface area (Å²) in [4.78, 5) is 35.3. The average molecular weight is 823 g/mol. The van der Waals surface area contributed by atoms with Crippen LogP contribution in [0, 0.1) is 0 Å². The minimum atomic E-state index is -4.40. The molecule has 2 unspecified atom stereocenters. The minimum absolute atomic E-state index is 0.0116. The largest absolute Gasteiger partial charge is 0.472 e. The number of carbonyl (C=O) groups excluding carboxylic acids is 2. The molecule has 0 saturated heterocycles. The van der Waals surface area contributed by atoms with Crippen molar-refractivity contribution in [3.8, 4) is 0 Å². The van der Waals surface area contributed by atoms with Crippen molar-refractivity contribution in [2.45, 2.75) is 161 Å². The predicted octanol–water partition coefficient (Wildman–Crippen LogP) is 11.2. The van der Waals surface area contributed by atoms with Gasteiger partial charge in [0, 0.05) is 12.8 Å². The highest BCUT2D eigenvalue weighted by atomic mass is 31.2. The van der Waals surface area contributed by atoms with Crippen molar-refractivity contribution in [2.24, 2.45) is 0 Å². The van der Waals surface area contributed by atoms with Crippen molar-refractivity contribution in [1.29, 1.82) is 0 Å². The third kappa shape index (κ3) is 41.4. The van der Waals surface area contributed by atoms with E-state index in [9.17, 15) is 24.2 Å². The molecule has 0 aromatic carbocycles. The SMILES string of the molecule is CC/C=C\C(O)C/C=C/C=C\C/C=C\C/C=C\CCCC(=O)OC[C@H](COP(=O)(O)OCC[N+](C)(C)C)OC(=O)CCCCCCCCC/C=C\CCCCCC. The normalized spacial score (nSPS) is 14.9. The number of aliphatic hydroxyl groups is 1. The summed E-state index contributed by atoms with van der Waals surface area (Å²) in [6.45, 7) is 4.07. The van der Waals surface area contributed by atoms with Crippen LogP contribution >= 0.6 is 7.82 Å². The molecule has 2 N–H and O–H groups in total. The highest BCUT2D eigenvalue weighted by Gasteiger charge is 2.27. The number of allylic oxidation sites excluding steroid dienone is 10. The molecule has 0 radical (unpaired) electrons. The van der Waals surface area contributed by atoms with E-state index in [1.54, 1.807) is 0 Å². The van der Waals surface area contributed by atoms with E-state index in [0.717, 1.165) is 44.9 Å². The van der Waals surface area contributed by atoms with Gasteiger partial charge in [0.05, 0.1) is 33.9 Å². The average Bonchev–Trinajstić information content (AvgIpc) is 3.16. The molecule has 0 aliphatic rings. The second kappa shape index (κ2) is 37.7. The standard InChI is InChI=1S/C46H80NO9P/c1-6-8-10-11-12-13-14-15-16-17-22-25-28-31-34-38-46(50)56-44(42-55-57(51,52)54-40-39-47(3,4)5)41-53-45(49)37-33-30-27-24-21-19-18-20-23-26-29-32-36-43(48)35-9-7-2/h9,13-14,18-19,23-24,26-27,29,32,35,43-44,48H,6-8,10-12,15-17,20-22,25,28,30-31,33-34,36-42H2,1-5H3/p+1/b14-13-,19-18-,26-23-,27-24-,32-29+,35-9-/t43?,44-/m1/s1. The Morgan fingerprint density at radius 1 is 0.649 bits per heavy atom. The van der Waals surface area contributed by atoms with E-state index in [1.165, 1.54) is 51.4 Å². The second-order valence-electron chi connectivity index (χ2n) is 15.5. The number of aliphatic hydroxyl groups excluding tert-OH is 1. The molecule has 0 rings (SSSR count). The number of hydrogen-bond donors (Lipinski definition) is 2. The number of carbonyl (C=O) groups is 2. The van der Waals surface area contributed by atoms with Crippen LogP contribution < -0.4 is 0 Å². The Balaban J connectivity index is 4.51. The van der Waals surface area contributed by atoms with Gasteiger partial charge in [-0.3, -0.25) is 18.6 Å². The first-order valence-corrected chi connectivity index (χ1v) is 23.3. The van der Waals surface area contributed by atoms with Gasteiger partial charge in [-0.1, -0.05) is 138 Å². The van der Waals surface area contributed by atoms with Gasteiger partial charge in [0.15, 0.2) is 6.10 Å². The molecule has 0 spiro atoms. The smallest absolute Gasteiger partial charge is 0.462 e. The lowest BCUT2D eigenvalue weighted by atomic mass is 10.1. The Bertz CT molecular complexity index is 1220. The molecule has 0 fully saturated rings. The van der Waals surface area contributed by atoms with Crippen LogP contribution in [0.4, 0.5) is 0 Å². The lowest BCUT2D eigenvalue weighted by molar-refractivity contribution is -0.870. The number of hydrogen-bond acceptors (Lipinski definition) is 8. The zero-order valence-corrected chi connectivity index (χ0v) is 37.3. The number of phosphoric ester groups is 1. The molecule has 3 atom stereocenters. The number of unbranched alkanes of at least 4 members (excludes halogenated alkanes) is 12. The van der Waals surface area contributed by atoms with Crippen molar-refractivity contribution in [3.63, 3.8) is 0 Å². The lowest BCUT2D eigenvalue weighted by Gasteiger charge is -2.24. The van der Waals surface area contributed by atoms with Crippen LogP contribution in [0.3, 0.4) is 0 Å². The number of nitrogens with zero attached hydrogens (tertiary/aromatic N) is 1. The van der Waals surface area contributed by atoms with Gasteiger partial charge in [0.2, 0.25) is 0 Å². The maximum atomic E-state index is 12.7. The number of phosphoric acid groups is 1. The molecule has 0 aromatic heterocycles. The molecule has 11 heteroatoms. The summed E-state index contributed by atoms with van der Waals surface area (Å²) < 4.78 is 34.2. The van der Waals surface area contributed by atoms with Gasteiger partial charge in [0.1, 0.15) is 19.8 Å². The number of quaternary nitrogens is 1. The molecule has 57 heavy (non-hydrogen) atoms. The molecule has 328 valence electrons. The zero-order chi connectivity index (χ0) is 42.3. The Morgan fingerprint density at radius 3 is 1.88 bits per heavy atom. The van der Waals surface area contributed by atoms with Crippen LogP contribution in [0.2, 0.25) is 0 Å². The summed E-state index contributed by atoms with van der Waals surface area (Å²) in [6.07, 6.45) is 42.9. The molecule has 0 bridgehead atoms. The molecule has 0 heterocycles. The van der Waals surface area contributed by atoms with Crippen LogP contribution in [0.5, 0.6) is 0 Å². The zero-order valence-electron chi connectivity index (χ0n) is 36.4. The van der Waals surface area contributed by atoms with Crippen molar-refractivity contribution < 1.29 is 47.2 Å². The maximum Gasteiger partial charge on any atom is 0.472 e. The summed E-state index contributed by atoms with van der Waals surface area (Å²) in [6, 6.07) is 0. The van der Waals surface area contributed by atoms with Crippen LogP contribution in [-0.2, 0) is 32.7 Å². The fourth-order valence-electron chi connectivity index (χ4n) is 5.36. The minimum Gasteiger partial charge on any atom is -0.462 e. The van der Waals surface area contributed by atoms with Crippen LogP contribution in [0.1, 0.15) is 149 Å². The third-order valence-electron chi connectivity index (χ3n) is 8.80. The number of ether oxygens (including phenoxy) is 2. The number of rotatable bonds is 38. The Labute approximate surface area is 347 Å². The summed E-state index contributed by atoms with van der Waals surface area (Å²) >= 11 is 0. The van der Waals surface area contributed by atoms with Crippen molar-refractivity contribution in [2.75, 3.05) is 47.5 Å². The molecule has 0 amide bonds. The van der Waals surface area contributed by atoms with E-state index in [0.29, 0.717) is 36.7 Å². The molecular formula is C46H81NO9P+. The molecule has 0 aliphatic heterocycles. The second-order valence-corrected chi connectivity index (χ2v) is 17.0. The van der Waals surface area contributed by atoms with Crippen LogP contribution in [-0.4, -0.2) is 86.1 Å². The Hall–Kier alpha value is -2.59. The highest BCUT2D eigenvalue weighted by molar-refractivity contribution is 7.47. The van der Waals surface area contributed by atoms with E-state index in [2.05, 4.69) is 43.4 Å². The molecular weight excluding hydrogens is 741 g/mol. The van der Waals surface area contributed by atoms with Crippen molar-refractivity contribution in [1.82, 2.24) is 0 Å². The fourth-order valence-corrected chi connectivity index (χ4v) is 6.10. The molecule has 0 saturated carbocycles. The first-order chi connectivity index (χ1) is 27.4. The Kier molecular flexibility index (Phi) is 36.0. The molecule has 10 nitrogen and oxygen atoms in total. The number of esters is 2. The van der Waals surface area contributed by atoms with E-state index in [1.807, 2.05) is 64.5 Å². The van der Waals surface area contributed by atoms with Crippen molar-refractivity contribution in [3.05, 3.63) is 72.9 Å². The van der Waals surface area contributed by atoms with Gasteiger partial charge in [-0.2, -0.15) is 0 Å². The van der Waals surface area contributed by atoms with E-state index in [-0.39, 0.29) is 26.1 Å². The summed E-state index contributed by atoms with van der Waals surface area (Å²) in [7, 11) is 1.41. The highest BCUT2D eigenvalue weighted by Crippen LogP contribution is 2.43. The first-order valence-electron chi connectivity index (χ1n) is 21.8. The topological polar surface area (TPSA) is 129 Å². The van der Waals surface area contributed by atoms with Gasteiger partial charge in [-0.15, -0.1) is 0 Å². The third-order valence-corrected chi connectivity index (χ3v) is 9.78. The van der Waals surface area contributed by atoms with E-state index >= 15 is 0 Å². The van der Waals surface area contributed by atoms with Crippen LogP contribution in [0.15, 0.2) is 72.9 Å². The van der Waals surface area contributed by atoms with Gasteiger partial charge >= 0.3 is 19.8 Å². The lowest BCUT2D eigenvalue weighted by Crippen LogP contribution is -2.37. The molecule has 0 aromatic rings. The van der Waals surface area contributed by atoms with E-state index in [4.69, 9.17) is 18.5 Å². The quantitative estimate of drug-likeness (QED) is 0.0156. The summed E-state index contributed by atoms with van der Waals surface area (Å²) in [5.74, 6) is -0.902. The Morgan fingerprint density at radius 2 is 1.21 bits per heavy atom. The van der Waals surface area contributed by atoms with Gasteiger partial charge < -0.3 is 24.0 Å². The first kappa shape index (κ1) is 54.4. The fraction of sp³-hybridized carbons (Fsp3) is 0.696. The predicted molar refractivity (Wildman–Crippen MR) is 235 cm³/mol. The van der Waals surface area contributed by atoms with Gasteiger partial charge in [-0.25, -0.2) is 4.57 Å². The van der Waals surface area contributed by atoms with Gasteiger partial charge in [-0.05, 0) is 70.6 Å². The monoisotopic (exact) mass is 823 g/mol. The maximum absolute atomic E-state index is 12.7. The van der Waals surface area contributed by atoms with E-state index < -0.39 is 38.6 Å². The number of likely N-dealkylation sites (N-methyl/N-ethyl adjacent to an activating group) is 1.